The number of aliphatic imine (C=N–C) groups is 1. The highest BCUT2D eigenvalue weighted by molar-refractivity contribution is 5.64. The molecule has 0 bridgehead atoms. The van der Waals surface area contributed by atoms with Gasteiger partial charge in [-0.2, -0.15) is 5.10 Å². The van der Waals surface area contributed by atoms with E-state index < -0.39 is 0 Å². The molecule has 1 aromatic heterocycles. The molecule has 0 radical (unpaired) electrons. The molecular formula is C24H41N7O. The number of hydrogen-bond acceptors (Lipinski definition) is 7. The lowest BCUT2D eigenvalue weighted by atomic mass is 10.1. The van der Waals surface area contributed by atoms with Gasteiger partial charge in [0.2, 0.25) is 0 Å². The first-order chi connectivity index (χ1) is 15.5. The van der Waals surface area contributed by atoms with E-state index in [9.17, 15) is 0 Å². The average Bonchev–Trinajstić information content (AvgIpc) is 3.15. The Morgan fingerprint density at radius 2 is 2.22 bits per heavy atom. The number of methoxy groups -OCH3 is 1. The maximum Gasteiger partial charge on any atom is 0.140 e. The van der Waals surface area contributed by atoms with Gasteiger partial charge in [0.1, 0.15) is 17.6 Å². The maximum absolute atomic E-state index is 6.21. The Balaban J connectivity index is 2.10. The number of aromatic nitrogens is 2. The van der Waals surface area contributed by atoms with Crippen LogP contribution in [0.4, 0.5) is 5.69 Å². The number of nitrogens with zero attached hydrogens (tertiary/aromatic N) is 3. The van der Waals surface area contributed by atoms with Gasteiger partial charge in [0.05, 0.1) is 30.4 Å². The Bertz CT molecular complexity index is 833. The van der Waals surface area contributed by atoms with Crippen LogP contribution >= 0.6 is 0 Å². The van der Waals surface area contributed by atoms with Crippen molar-refractivity contribution in [2.24, 2.45) is 4.99 Å². The van der Waals surface area contributed by atoms with Crippen LogP contribution in [0.25, 0.3) is 5.70 Å². The third-order valence-electron chi connectivity index (χ3n) is 5.47. The highest BCUT2D eigenvalue weighted by Gasteiger charge is 2.16. The van der Waals surface area contributed by atoms with Crippen LogP contribution in [-0.4, -0.2) is 55.1 Å². The molecule has 0 saturated carbocycles. The average molecular weight is 444 g/mol. The lowest BCUT2D eigenvalue weighted by Gasteiger charge is -2.21. The molecule has 8 nitrogen and oxygen atoms in total. The first kappa shape index (κ1) is 25.7. The van der Waals surface area contributed by atoms with Crippen LogP contribution in [0, 0.1) is 0 Å². The normalized spacial score (nSPS) is 20.0. The molecule has 1 aliphatic heterocycles. The second-order valence-corrected chi connectivity index (χ2v) is 8.09. The van der Waals surface area contributed by atoms with E-state index in [2.05, 4.69) is 64.8 Å². The Labute approximate surface area is 193 Å². The van der Waals surface area contributed by atoms with Gasteiger partial charge in [-0.05, 0) is 52.2 Å². The summed E-state index contributed by atoms with van der Waals surface area (Å²) in [6, 6.07) is 0.389. The zero-order chi connectivity index (χ0) is 23.3. The zero-order valence-corrected chi connectivity index (χ0v) is 20.4. The third kappa shape index (κ3) is 7.55. The van der Waals surface area contributed by atoms with Crippen LogP contribution in [-0.2, 0) is 11.2 Å². The molecule has 2 rings (SSSR count). The van der Waals surface area contributed by atoms with Crippen LogP contribution < -0.4 is 21.7 Å². The fourth-order valence-corrected chi connectivity index (χ4v) is 3.62. The van der Waals surface area contributed by atoms with Crippen LogP contribution in [0.15, 0.2) is 34.8 Å². The number of nitrogen functional groups attached to an aromatic ring is 1. The topological polar surface area (TPSA) is 102 Å². The molecule has 0 spiro atoms. The lowest BCUT2D eigenvalue weighted by molar-refractivity contribution is 0.304. The van der Waals surface area contributed by atoms with Gasteiger partial charge < -0.3 is 21.1 Å². The molecule has 2 heterocycles. The number of nitrogens with two attached hydrogens (primary N) is 1. The van der Waals surface area contributed by atoms with Gasteiger partial charge in [-0.1, -0.05) is 26.3 Å². The molecule has 0 saturated heterocycles. The third-order valence-corrected chi connectivity index (χ3v) is 5.47. The van der Waals surface area contributed by atoms with Gasteiger partial charge in [0.25, 0.3) is 0 Å². The molecular weight excluding hydrogens is 402 g/mol. The fraction of sp³-hybridized carbons (Fsp3) is 0.625. The Morgan fingerprint density at radius 1 is 1.41 bits per heavy atom. The molecule has 0 amide bonds. The molecule has 8 heteroatoms. The SMILES string of the molecule is CC/C=C(\C(=C/CCNC1=C=NC(NC)CC(C)NC1)OC)n1ncc(N)c1CCCC. The van der Waals surface area contributed by atoms with Crippen molar-refractivity contribution < 1.29 is 4.74 Å². The van der Waals surface area contributed by atoms with Crippen molar-refractivity contribution in [2.45, 2.75) is 71.5 Å². The fourth-order valence-electron chi connectivity index (χ4n) is 3.62. The zero-order valence-electron chi connectivity index (χ0n) is 20.4. The highest BCUT2D eigenvalue weighted by atomic mass is 16.5. The number of hydrogen-bond donors (Lipinski definition) is 4. The summed E-state index contributed by atoms with van der Waals surface area (Å²) in [4.78, 5) is 4.52. The number of rotatable bonds is 12. The van der Waals surface area contributed by atoms with Crippen molar-refractivity contribution in [2.75, 3.05) is 33.0 Å². The summed E-state index contributed by atoms with van der Waals surface area (Å²) < 4.78 is 7.70. The summed E-state index contributed by atoms with van der Waals surface area (Å²) in [6.45, 7) is 7.96. The van der Waals surface area contributed by atoms with Crippen molar-refractivity contribution in [3.8, 4) is 0 Å². The molecule has 0 fully saturated rings. The molecule has 2 atom stereocenters. The molecule has 1 aliphatic rings. The predicted molar refractivity (Wildman–Crippen MR) is 133 cm³/mol. The number of allylic oxidation sites excluding steroid dienone is 2. The van der Waals surface area contributed by atoms with Crippen molar-refractivity contribution in [3.05, 3.63) is 35.5 Å². The van der Waals surface area contributed by atoms with Crippen molar-refractivity contribution >= 4 is 17.3 Å². The van der Waals surface area contributed by atoms with Gasteiger partial charge in [-0.15, -0.1) is 0 Å². The van der Waals surface area contributed by atoms with Crippen LogP contribution in [0.3, 0.4) is 0 Å². The molecule has 5 N–H and O–H groups in total. The second-order valence-electron chi connectivity index (χ2n) is 8.09. The van der Waals surface area contributed by atoms with Crippen LogP contribution in [0.5, 0.6) is 0 Å². The molecule has 0 aromatic carbocycles. The van der Waals surface area contributed by atoms with E-state index in [1.165, 1.54) is 0 Å². The van der Waals surface area contributed by atoms with Gasteiger partial charge >= 0.3 is 0 Å². The predicted octanol–water partition coefficient (Wildman–Crippen LogP) is 3.05. The summed E-state index contributed by atoms with van der Waals surface area (Å²) >= 11 is 0. The molecule has 1 aromatic rings. The van der Waals surface area contributed by atoms with E-state index >= 15 is 0 Å². The van der Waals surface area contributed by atoms with Gasteiger partial charge in [-0.25, -0.2) is 9.67 Å². The molecule has 2 unspecified atom stereocenters. The van der Waals surface area contributed by atoms with E-state index in [0.29, 0.717) is 6.04 Å². The van der Waals surface area contributed by atoms with Gasteiger partial charge in [-0.3, -0.25) is 5.32 Å². The summed E-state index contributed by atoms with van der Waals surface area (Å²) in [7, 11) is 3.63. The summed E-state index contributed by atoms with van der Waals surface area (Å²) in [5, 5.41) is 14.7. The number of unbranched alkanes of at least 4 members (excludes halogenated alkanes) is 1. The lowest BCUT2D eigenvalue weighted by Crippen LogP contribution is -2.39. The van der Waals surface area contributed by atoms with Gasteiger partial charge in [0, 0.05) is 25.0 Å². The second kappa shape index (κ2) is 13.8. The van der Waals surface area contributed by atoms with Crippen molar-refractivity contribution in [1.82, 2.24) is 25.7 Å². The van der Waals surface area contributed by atoms with Crippen LogP contribution in [0.1, 0.15) is 58.6 Å². The minimum Gasteiger partial charge on any atom is -0.495 e. The number of nitrogens with one attached hydrogen (secondary N) is 3. The summed E-state index contributed by atoms with van der Waals surface area (Å²) in [6.07, 6.45) is 11.7. The van der Waals surface area contributed by atoms with Gasteiger partial charge in [0.15, 0.2) is 0 Å². The van der Waals surface area contributed by atoms with E-state index in [4.69, 9.17) is 10.5 Å². The van der Waals surface area contributed by atoms with Crippen LogP contribution in [0.2, 0.25) is 0 Å². The minimum absolute atomic E-state index is 0.0831. The molecule has 178 valence electrons. The minimum atomic E-state index is 0.0831. The molecule has 0 aliphatic carbocycles. The van der Waals surface area contributed by atoms with Crippen molar-refractivity contribution in [3.63, 3.8) is 0 Å². The monoisotopic (exact) mass is 443 g/mol. The summed E-state index contributed by atoms with van der Waals surface area (Å²) in [5.41, 5.74) is 9.89. The van der Waals surface area contributed by atoms with E-state index in [1.807, 2.05) is 11.7 Å². The van der Waals surface area contributed by atoms with E-state index in [-0.39, 0.29) is 6.17 Å². The number of anilines is 1. The van der Waals surface area contributed by atoms with E-state index in [0.717, 1.165) is 80.1 Å². The number of ether oxygens (including phenoxy) is 1. The first-order valence-corrected chi connectivity index (χ1v) is 11.8. The van der Waals surface area contributed by atoms with E-state index in [1.54, 1.807) is 13.3 Å². The Hall–Kier alpha value is -2.54. The van der Waals surface area contributed by atoms with Crippen molar-refractivity contribution in [1.29, 1.82) is 0 Å². The Kier molecular flexibility index (Phi) is 11.1. The quantitative estimate of drug-likeness (QED) is 0.225. The first-order valence-electron chi connectivity index (χ1n) is 11.8. The smallest absolute Gasteiger partial charge is 0.140 e. The standard InChI is InChI=1S/C24H41N7O/c1-6-8-11-21-20(25)17-30-31(21)22(10-7-2)23(32-5)12-9-13-27-19-15-28-18(3)14-24(26-4)29-16-19/h10,12,17-18,24,26-28H,6-9,11,13-15,25H2,1-5H3/b22-10+,23-12+. The summed E-state index contributed by atoms with van der Waals surface area (Å²) in [5.74, 6) is 3.96. The largest absolute Gasteiger partial charge is 0.495 e. The Morgan fingerprint density at radius 3 is 2.91 bits per heavy atom. The highest BCUT2D eigenvalue weighted by Crippen LogP contribution is 2.24. The molecule has 32 heavy (non-hydrogen) atoms. The maximum atomic E-state index is 6.21.